The predicted octanol–water partition coefficient (Wildman–Crippen LogP) is 7.35. The van der Waals surface area contributed by atoms with Crippen molar-refractivity contribution in [3.63, 3.8) is 0 Å². The SMILES string of the molecule is COC(=O)C[C@H](C(=O)NN(Cc1ccc(-c2cnn(C(F)F)c2)cc1)C[C@H](O)[C@@H](CC(=O)[C@@H](NC(=O)OC)C(C)(C)C(F)(F)F)Cc1ccc(C#Cc2ccc(N3CCN(C4COC4)CC3)nc2)cc1)C(C)(C)C(F)(F)F. The number of esters is 1. The van der Waals surface area contributed by atoms with Gasteiger partial charge in [0, 0.05) is 74.8 Å². The van der Waals surface area contributed by atoms with Crippen LogP contribution in [0.2, 0.25) is 0 Å². The number of halogens is 8. The lowest BCUT2D eigenvalue weighted by molar-refractivity contribution is -0.231. The first-order chi connectivity index (χ1) is 36.2. The molecule has 2 saturated heterocycles. The van der Waals surface area contributed by atoms with E-state index in [0.29, 0.717) is 58.0 Å². The first kappa shape index (κ1) is 59.6. The molecule has 77 heavy (non-hydrogen) atoms. The Labute approximate surface area is 440 Å². The number of pyridine rings is 1. The molecule has 4 heterocycles. The Morgan fingerprint density at radius 2 is 1.40 bits per heavy atom. The first-order valence-corrected chi connectivity index (χ1v) is 24.6. The maximum Gasteiger partial charge on any atom is 0.407 e. The van der Waals surface area contributed by atoms with Gasteiger partial charge in [0.15, 0.2) is 5.78 Å². The molecule has 16 nitrogen and oxygen atoms in total. The number of amides is 2. The summed E-state index contributed by atoms with van der Waals surface area (Å²) in [7, 11) is 1.82. The molecule has 24 heteroatoms. The Bertz CT molecular complexity index is 2700. The number of hydrogen-bond acceptors (Lipinski definition) is 13. The Morgan fingerprint density at radius 3 is 1.94 bits per heavy atom. The summed E-state index contributed by atoms with van der Waals surface area (Å²) in [5.41, 5.74) is -0.590. The molecule has 3 N–H and O–H groups in total. The van der Waals surface area contributed by atoms with Crippen molar-refractivity contribution in [3.05, 3.63) is 102 Å². The van der Waals surface area contributed by atoms with Crippen LogP contribution in [0.25, 0.3) is 11.1 Å². The second kappa shape index (κ2) is 25.2. The molecule has 4 atom stereocenters. The van der Waals surface area contributed by atoms with Gasteiger partial charge in [-0.2, -0.15) is 40.2 Å². The number of piperazine rings is 1. The van der Waals surface area contributed by atoms with Crippen molar-refractivity contribution >= 4 is 29.6 Å². The minimum absolute atomic E-state index is 0.207. The number of alkyl carbamates (subject to hydrolysis) is 1. The number of hydrogen-bond donors (Lipinski definition) is 3. The van der Waals surface area contributed by atoms with Crippen molar-refractivity contribution in [1.82, 2.24) is 35.4 Å². The van der Waals surface area contributed by atoms with E-state index in [-0.39, 0.29) is 13.0 Å². The van der Waals surface area contributed by atoms with Crippen LogP contribution < -0.4 is 15.6 Å². The fourth-order valence-corrected chi connectivity index (χ4v) is 8.79. The molecule has 418 valence electrons. The number of benzene rings is 2. The Kier molecular flexibility index (Phi) is 19.5. The number of carbonyl (C=O) groups excluding carboxylic acids is 4. The molecule has 2 fully saturated rings. The Balaban J connectivity index is 1.29. The zero-order valence-electron chi connectivity index (χ0n) is 43.3. The number of aromatic nitrogens is 3. The molecule has 6 rings (SSSR count). The third kappa shape index (κ3) is 15.3. The minimum atomic E-state index is -5.05. The second-order valence-corrected chi connectivity index (χ2v) is 20.1. The molecular weight excluding hydrogens is 1030 g/mol. The molecule has 2 aromatic carbocycles. The molecule has 0 radical (unpaired) electrons. The third-order valence-corrected chi connectivity index (χ3v) is 14.2. The van der Waals surface area contributed by atoms with E-state index < -0.39 is 96.9 Å². The van der Waals surface area contributed by atoms with Gasteiger partial charge in [-0.15, -0.1) is 0 Å². The average molecular weight is 1090 g/mol. The lowest BCUT2D eigenvalue weighted by Gasteiger charge is -2.42. The Hall–Kier alpha value is -6.68. The van der Waals surface area contributed by atoms with Crippen molar-refractivity contribution in [2.45, 2.75) is 90.6 Å². The summed E-state index contributed by atoms with van der Waals surface area (Å²) in [5.74, 6) is -0.0857. The first-order valence-electron chi connectivity index (χ1n) is 24.6. The van der Waals surface area contributed by atoms with Gasteiger partial charge >= 0.3 is 31.0 Å². The Morgan fingerprint density at radius 1 is 0.792 bits per heavy atom. The topological polar surface area (TPSA) is 181 Å². The highest BCUT2D eigenvalue weighted by atomic mass is 19.4. The number of aliphatic hydroxyl groups excluding tert-OH is 1. The minimum Gasteiger partial charge on any atom is -0.469 e. The van der Waals surface area contributed by atoms with Crippen LogP contribution in [0.3, 0.4) is 0 Å². The van der Waals surface area contributed by atoms with Gasteiger partial charge in [-0.05, 0) is 67.1 Å². The number of hydrazine groups is 1. The highest BCUT2D eigenvalue weighted by Crippen LogP contribution is 2.45. The van der Waals surface area contributed by atoms with Gasteiger partial charge in [0.25, 0.3) is 0 Å². The van der Waals surface area contributed by atoms with E-state index in [0.717, 1.165) is 84.5 Å². The van der Waals surface area contributed by atoms with Crippen LogP contribution in [0.15, 0.2) is 79.3 Å². The molecule has 4 aromatic rings. The predicted molar refractivity (Wildman–Crippen MR) is 264 cm³/mol. The van der Waals surface area contributed by atoms with Crippen LogP contribution >= 0.6 is 0 Å². The number of ether oxygens (including phenoxy) is 3. The van der Waals surface area contributed by atoms with Crippen LogP contribution in [0.1, 0.15) is 69.3 Å². The van der Waals surface area contributed by atoms with Crippen molar-refractivity contribution in [2.75, 3.05) is 65.1 Å². The van der Waals surface area contributed by atoms with Crippen molar-refractivity contribution in [1.29, 1.82) is 0 Å². The lowest BCUT2D eigenvalue weighted by Crippen LogP contribution is -2.57. The molecular formula is C53H62F8N8O8. The molecule has 0 bridgehead atoms. The highest BCUT2D eigenvalue weighted by molar-refractivity contribution is 5.88. The van der Waals surface area contributed by atoms with Gasteiger partial charge in [0.1, 0.15) is 11.9 Å². The average Bonchev–Trinajstić information content (AvgIpc) is 3.87. The van der Waals surface area contributed by atoms with E-state index in [2.05, 4.69) is 46.6 Å². The zero-order valence-corrected chi connectivity index (χ0v) is 43.3. The van der Waals surface area contributed by atoms with E-state index in [9.17, 15) is 59.4 Å². The van der Waals surface area contributed by atoms with E-state index in [4.69, 9.17) is 4.74 Å². The van der Waals surface area contributed by atoms with Crippen molar-refractivity contribution in [3.8, 4) is 23.0 Å². The standard InChI is InChI=1S/C53H62F8N8O8/c1-50(2,52(56,57)58)41(25-45(72)75-5)47(73)65-68(28-36-13-16-37(17-14-36)39-27-63-69(29-39)48(54)55)30-43(71)38(24-42(70)46(64-49(74)76-6)51(3,4)53(59,60)61)23-34-10-7-33(8-11-34)9-12-35-15-18-44(62-26-35)67-21-19-66(20-22-67)40-31-77-32-40/h7-8,10-11,13-18,26-27,29,38,40-41,43,46,48,71H,19-25,28,30-32H2,1-6H3,(H,64,74)(H,65,73)/t38-,41-,43+,46-/m1/s1. The summed E-state index contributed by atoms with van der Waals surface area (Å²) in [6, 6.07) is 14.5. The number of aliphatic hydroxyl groups is 1. The number of carbonyl (C=O) groups is 4. The van der Waals surface area contributed by atoms with Gasteiger partial charge in [0.2, 0.25) is 5.91 Å². The number of ketones is 1. The maximum absolute atomic E-state index is 14.6. The molecule has 0 saturated carbocycles. The van der Waals surface area contributed by atoms with Gasteiger partial charge in [-0.3, -0.25) is 24.7 Å². The largest absolute Gasteiger partial charge is 0.469 e. The molecule has 2 aliphatic rings. The molecule has 2 amide bonds. The van der Waals surface area contributed by atoms with Crippen molar-refractivity contribution in [2.24, 2.45) is 22.7 Å². The summed E-state index contributed by atoms with van der Waals surface area (Å²) < 4.78 is 129. The smallest absolute Gasteiger partial charge is 0.407 e. The van der Waals surface area contributed by atoms with Gasteiger partial charge in [0.05, 0.1) is 68.9 Å². The second-order valence-electron chi connectivity index (χ2n) is 20.1. The number of nitrogens with one attached hydrogen (secondary N) is 2. The number of rotatable bonds is 21. The molecule has 2 aromatic heterocycles. The van der Waals surface area contributed by atoms with E-state index >= 15 is 0 Å². The lowest BCUT2D eigenvalue weighted by atomic mass is 9.75. The number of nitrogens with zero attached hydrogens (tertiary/aromatic N) is 6. The number of anilines is 1. The maximum atomic E-state index is 14.6. The summed E-state index contributed by atoms with van der Waals surface area (Å²) in [6.45, 7) is 3.83. The van der Waals surface area contributed by atoms with Gasteiger partial charge < -0.3 is 29.5 Å². The van der Waals surface area contributed by atoms with E-state index in [1.165, 1.54) is 30.5 Å². The summed E-state index contributed by atoms with van der Waals surface area (Å²) >= 11 is 0. The molecule has 0 spiro atoms. The molecule has 0 aliphatic carbocycles. The number of Topliss-reactive ketones (excluding diaryl/α,β-unsaturated/α-hetero) is 1. The molecule has 2 aliphatic heterocycles. The van der Waals surface area contributed by atoms with E-state index in [1.807, 2.05) is 17.4 Å². The fraction of sp³-hybridized carbons (Fsp3) is 0.509. The summed E-state index contributed by atoms with van der Waals surface area (Å²) in [4.78, 5) is 62.4. The highest BCUT2D eigenvalue weighted by Gasteiger charge is 2.57. The van der Waals surface area contributed by atoms with E-state index in [1.54, 1.807) is 30.5 Å². The zero-order chi connectivity index (χ0) is 56.5. The summed E-state index contributed by atoms with van der Waals surface area (Å²) in [5, 5.41) is 18.8. The van der Waals surface area contributed by atoms with Gasteiger partial charge in [-0.1, -0.05) is 62.1 Å². The number of methoxy groups -OCH3 is 2. The van der Waals surface area contributed by atoms with Gasteiger partial charge in [-0.25, -0.2) is 19.5 Å². The monoisotopic (exact) mass is 1090 g/mol. The summed E-state index contributed by atoms with van der Waals surface area (Å²) in [6.07, 6.45) is -11.3. The quantitative estimate of drug-likeness (QED) is 0.0327. The normalized spacial score (nSPS) is 16.4. The van der Waals surface area contributed by atoms with Crippen LogP contribution in [0.5, 0.6) is 0 Å². The van der Waals surface area contributed by atoms with Crippen LogP contribution in [-0.2, 0) is 41.6 Å². The molecule has 0 unspecified atom stereocenters. The van der Waals surface area contributed by atoms with Crippen molar-refractivity contribution < 1.29 is 73.6 Å². The van der Waals surface area contributed by atoms with Crippen LogP contribution in [0.4, 0.5) is 45.7 Å². The number of alkyl halides is 8. The van der Waals surface area contributed by atoms with Crippen LogP contribution in [-0.4, -0.2) is 144 Å². The fourth-order valence-electron chi connectivity index (χ4n) is 8.79. The van der Waals surface area contributed by atoms with Crippen LogP contribution in [0, 0.1) is 34.5 Å². The third-order valence-electron chi connectivity index (χ3n) is 14.2.